The molecule has 140 valence electrons. The molecule has 1 fully saturated rings. The molecule has 1 aliphatic rings. The predicted octanol–water partition coefficient (Wildman–Crippen LogP) is 3.23. The second-order valence-electron chi connectivity index (χ2n) is 6.49. The predicted molar refractivity (Wildman–Crippen MR) is 103 cm³/mol. The van der Waals surface area contributed by atoms with Crippen LogP contribution in [0.3, 0.4) is 0 Å². The van der Waals surface area contributed by atoms with Crippen LogP contribution in [-0.4, -0.2) is 39.7 Å². The van der Waals surface area contributed by atoms with E-state index >= 15 is 0 Å². The minimum absolute atomic E-state index is 0.252. The lowest BCUT2D eigenvalue weighted by Crippen LogP contribution is -2.36. The smallest absolute Gasteiger partial charge is 0.261 e. The highest BCUT2D eigenvalue weighted by atomic mass is 32.2. The highest BCUT2D eigenvalue weighted by Gasteiger charge is 2.16. The average molecular weight is 375 g/mol. The number of nitrogens with zero attached hydrogens (tertiary/aromatic N) is 2. The zero-order valence-electron chi connectivity index (χ0n) is 15.2. The van der Waals surface area contributed by atoms with Crippen LogP contribution >= 0.6 is 0 Å². The van der Waals surface area contributed by atoms with Crippen LogP contribution in [-0.2, 0) is 14.8 Å². The maximum Gasteiger partial charge on any atom is 0.261 e. The number of hydrogen-bond donors (Lipinski definition) is 1. The molecule has 2 aromatic rings. The Bertz CT molecular complexity index is 814. The molecule has 0 aliphatic carbocycles. The number of nitrogens with one attached hydrogen (secondary N) is 1. The lowest BCUT2D eigenvalue weighted by molar-refractivity contribution is 0.122. The van der Waals surface area contributed by atoms with Gasteiger partial charge in [-0.3, -0.25) is 4.72 Å². The standard InChI is InChI=1S/C19H25N3O3S/c1-3-15(2)16-4-7-18(8-5-16)26(23,24)21-17-6-9-19(20-14-17)22-10-12-25-13-11-22/h4-9,14-15,21H,3,10-13H2,1-2H3/t15-/m0/s1. The van der Waals surface area contributed by atoms with Crippen molar-refractivity contribution in [2.24, 2.45) is 0 Å². The Hall–Kier alpha value is -2.12. The van der Waals surface area contributed by atoms with Crippen LogP contribution in [0.1, 0.15) is 31.7 Å². The van der Waals surface area contributed by atoms with Gasteiger partial charge in [0.25, 0.3) is 10.0 Å². The highest BCUT2D eigenvalue weighted by molar-refractivity contribution is 7.92. The minimum atomic E-state index is -3.62. The van der Waals surface area contributed by atoms with Gasteiger partial charge in [-0.1, -0.05) is 26.0 Å². The molecule has 1 N–H and O–H groups in total. The Morgan fingerprint density at radius 3 is 2.42 bits per heavy atom. The van der Waals surface area contributed by atoms with E-state index in [1.165, 1.54) is 0 Å². The van der Waals surface area contributed by atoms with E-state index in [0.717, 1.165) is 30.9 Å². The SMILES string of the molecule is CC[C@H](C)c1ccc(S(=O)(=O)Nc2ccc(N3CCOCC3)nc2)cc1. The number of anilines is 2. The van der Waals surface area contributed by atoms with Crippen LogP contribution in [0.25, 0.3) is 0 Å². The molecule has 2 heterocycles. The fourth-order valence-electron chi connectivity index (χ4n) is 2.85. The number of hydrogen-bond acceptors (Lipinski definition) is 5. The number of ether oxygens (including phenoxy) is 1. The molecule has 0 spiro atoms. The molecular formula is C19H25N3O3S. The van der Waals surface area contributed by atoms with E-state index in [2.05, 4.69) is 28.5 Å². The van der Waals surface area contributed by atoms with E-state index in [9.17, 15) is 8.42 Å². The van der Waals surface area contributed by atoms with E-state index < -0.39 is 10.0 Å². The van der Waals surface area contributed by atoms with Gasteiger partial charge in [-0.15, -0.1) is 0 Å². The van der Waals surface area contributed by atoms with Gasteiger partial charge in [0, 0.05) is 13.1 Å². The lowest BCUT2D eigenvalue weighted by atomic mass is 9.99. The molecular weight excluding hydrogens is 350 g/mol. The number of morpholine rings is 1. The van der Waals surface area contributed by atoms with Crippen molar-refractivity contribution in [2.45, 2.75) is 31.1 Å². The van der Waals surface area contributed by atoms with Crippen molar-refractivity contribution in [3.05, 3.63) is 48.2 Å². The van der Waals surface area contributed by atoms with Gasteiger partial charge in [0.05, 0.1) is 30.0 Å². The quantitative estimate of drug-likeness (QED) is 0.839. The van der Waals surface area contributed by atoms with Gasteiger partial charge < -0.3 is 9.64 Å². The summed E-state index contributed by atoms with van der Waals surface area (Å²) >= 11 is 0. The number of benzene rings is 1. The summed E-state index contributed by atoms with van der Waals surface area (Å²) in [5, 5.41) is 0. The molecule has 26 heavy (non-hydrogen) atoms. The zero-order chi connectivity index (χ0) is 18.6. The van der Waals surface area contributed by atoms with Gasteiger partial charge in [0.2, 0.25) is 0 Å². The molecule has 3 rings (SSSR count). The molecule has 1 saturated heterocycles. The summed E-state index contributed by atoms with van der Waals surface area (Å²) < 4.78 is 33.1. The largest absolute Gasteiger partial charge is 0.378 e. The highest BCUT2D eigenvalue weighted by Crippen LogP contribution is 2.22. The summed E-state index contributed by atoms with van der Waals surface area (Å²) in [4.78, 5) is 6.74. The first-order valence-corrected chi connectivity index (χ1v) is 10.4. The number of rotatable bonds is 6. The third kappa shape index (κ3) is 4.34. The summed E-state index contributed by atoms with van der Waals surface area (Å²) in [5.74, 6) is 1.24. The Balaban J connectivity index is 1.70. The maximum atomic E-state index is 12.6. The molecule has 0 radical (unpaired) electrons. The Morgan fingerprint density at radius 2 is 1.85 bits per heavy atom. The topological polar surface area (TPSA) is 71.5 Å². The van der Waals surface area contributed by atoms with Crippen molar-refractivity contribution >= 4 is 21.5 Å². The second-order valence-corrected chi connectivity index (χ2v) is 8.17. The normalized spacial score (nSPS) is 16.3. The zero-order valence-corrected chi connectivity index (χ0v) is 16.0. The van der Waals surface area contributed by atoms with Crippen molar-refractivity contribution in [3.63, 3.8) is 0 Å². The van der Waals surface area contributed by atoms with Gasteiger partial charge in [0.1, 0.15) is 5.82 Å². The van der Waals surface area contributed by atoms with Crippen LogP contribution in [0.4, 0.5) is 11.5 Å². The first-order chi connectivity index (χ1) is 12.5. The fraction of sp³-hybridized carbons (Fsp3) is 0.421. The van der Waals surface area contributed by atoms with E-state index in [-0.39, 0.29) is 4.90 Å². The van der Waals surface area contributed by atoms with E-state index in [1.807, 2.05) is 18.2 Å². The molecule has 6 nitrogen and oxygen atoms in total. The Morgan fingerprint density at radius 1 is 1.15 bits per heavy atom. The van der Waals surface area contributed by atoms with Crippen molar-refractivity contribution in [1.29, 1.82) is 0 Å². The van der Waals surface area contributed by atoms with Crippen molar-refractivity contribution < 1.29 is 13.2 Å². The van der Waals surface area contributed by atoms with Crippen molar-refractivity contribution in [2.75, 3.05) is 35.9 Å². The van der Waals surface area contributed by atoms with Crippen LogP contribution in [0.15, 0.2) is 47.5 Å². The summed E-state index contributed by atoms with van der Waals surface area (Å²) in [5.41, 5.74) is 1.59. The molecule has 1 atom stereocenters. The van der Waals surface area contributed by atoms with Crippen molar-refractivity contribution in [1.82, 2.24) is 4.98 Å². The summed E-state index contributed by atoms with van der Waals surface area (Å²) in [6, 6.07) is 10.6. The monoisotopic (exact) mass is 375 g/mol. The Kier molecular flexibility index (Phi) is 5.78. The molecule has 0 saturated carbocycles. The third-order valence-electron chi connectivity index (χ3n) is 4.71. The number of sulfonamides is 1. The lowest BCUT2D eigenvalue weighted by Gasteiger charge is -2.27. The molecule has 1 aliphatic heterocycles. The summed E-state index contributed by atoms with van der Waals surface area (Å²) in [6.45, 7) is 7.19. The van der Waals surface area contributed by atoms with E-state index in [1.54, 1.807) is 24.4 Å². The fourth-order valence-corrected chi connectivity index (χ4v) is 3.89. The molecule has 0 unspecified atom stereocenters. The van der Waals surface area contributed by atoms with Gasteiger partial charge in [-0.25, -0.2) is 13.4 Å². The Labute approximate surface area is 155 Å². The van der Waals surface area contributed by atoms with Crippen molar-refractivity contribution in [3.8, 4) is 0 Å². The molecule has 1 aromatic heterocycles. The van der Waals surface area contributed by atoms with Crippen LogP contribution < -0.4 is 9.62 Å². The number of pyridine rings is 1. The third-order valence-corrected chi connectivity index (χ3v) is 6.10. The van der Waals surface area contributed by atoms with Crippen LogP contribution in [0.2, 0.25) is 0 Å². The summed E-state index contributed by atoms with van der Waals surface area (Å²) in [6.07, 6.45) is 2.57. The van der Waals surface area contributed by atoms with Crippen LogP contribution in [0.5, 0.6) is 0 Å². The summed E-state index contributed by atoms with van der Waals surface area (Å²) in [7, 11) is -3.62. The van der Waals surface area contributed by atoms with Gasteiger partial charge in [-0.05, 0) is 42.2 Å². The van der Waals surface area contributed by atoms with Gasteiger partial charge in [-0.2, -0.15) is 0 Å². The average Bonchev–Trinajstić information content (AvgIpc) is 2.68. The maximum absolute atomic E-state index is 12.6. The first-order valence-electron chi connectivity index (χ1n) is 8.91. The van der Waals surface area contributed by atoms with Crippen LogP contribution in [0, 0.1) is 0 Å². The second kappa shape index (κ2) is 8.05. The molecule has 7 heteroatoms. The number of aromatic nitrogens is 1. The molecule has 1 aromatic carbocycles. The van der Waals surface area contributed by atoms with E-state index in [4.69, 9.17) is 4.74 Å². The van der Waals surface area contributed by atoms with E-state index in [0.29, 0.717) is 24.8 Å². The van der Waals surface area contributed by atoms with Gasteiger partial charge in [0.15, 0.2) is 0 Å². The van der Waals surface area contributed by atoms with Gasteiger partial charge >= 0.3 is 0 Å². The minimum Gasteiger partial charge on any atom is -0.378 e. The molecule has 0 amide bonds. The molecule has 0 bridgehead atoms. The first kappa shape index (κ1) is 18.7.